The molecule has 1 aromatic heterocycles. The van der Waals surface area contributed by atoms with Crippen molar-refractivity contribution in [3.63, 3.8) is 0 Å². The molecule has 3 aliphatic rings. The number of nitrogens with zero attached hydrogens (tertiary/aromatic N) is 4. The van der Waals surface area contributed by atoms with E-state index in [1.165, 1.54) is 29.5 Å². The fourth-order valence-electron chi connectivity index (χ4n) is 5.64. The van der Waals surface area contributed by atoms with Crippen molar-refractivity contribution in [3.05, 3.63) is 53.9 Å². The van der Waals surface area contributed by atoms with Crippen molar-refractivity contribution in [1.29, 1.82) is 0 Å². The molecule has 0 spiro atoms. The molecule has 1 unspecified atom stereocenters. The van der Waals surface area contributed by atoms with Crippen LogP contribution in [-0.2, 0) is 4.74 Å². The summed E-state index contributed by atoms with van der Waals surface area (Å²) < 4.78 is 11.2. The van der Waals surface area contributed by atoms with Crippen LogP contribution in [0.3, 0.4) is 0 Å². The molecule has 2 aliphatic heterocycles. The number of hydrogen-bond donors (Lipinski definition) is 0. The largest absolute Gasteiger partial charge is 0.496 e. The first-order valence-electron chi connectivity index (χ1n) is 12.7. The zero-order valence-corrected chi connectivity index (χ0v) is 20.2. The molecule has 6 rings (SSSR count). The lowest BCUT2D eigenvalue weighted by Gasteiger charge is -2.34. The number of fused-ring (bicyclic) bond motifs is 1. The van der Waals surface area contributed by atoms with E-state index in [9.17, 15) is 0 Å². The summed E-state index contributed by atoms with van der Waals surface area (Å²) in [6.45, 7) is 3.98. The molecule has 0 bridgehead atoms. The molecule has 0 N–H and O–H groups in total. The molecule has 2 aromatic carbocycles. The van der Waals surface area contributed by atoms with E-state index in [4.69, 9.17) is 19.4 Å². The van der Waals surface area contributed by atoms with Crippen LogP contribution in [0.25, 0.3) is 10.9 Å². The molecule has 1 atom stereocenters. The van der Waals surface area contributed by atoms with Gasteiger partial charge in [0.05, 0.1) is 18.7 Å². The van der Waals surface area contributed by atoms with Crippen molar-refractivity contribution in [2.75, 3.05) is 50.2 Å². The minimum absolute atomic E-state index is 0.317. The number of hydrogen-bond acceptors (Lipinski definition) is 6. The summed E-state index contributed by atoms with van der Waals surface area (Å²) in [5, 5.41) is 1.18. The average Bonchev–Trinajstić information content (AvgIpc) is 3.64. The number of para-hydroxylation sites is 1. The van der Waals surface area contributed by atoms with Gasteiger partial charge < -0.3 is 19.3 Å². The highest BCUT2D eigenvalue weighted by Crippen LogP contribution is 2.42. The topological polar surface area (TPSA) is 50.7 Å². The summed E-state index contributed by atoms with van der Waals surface area (Å²) in [6, 6.07) is 15.2. The first-order chi connectivity index (χ1) is 16.7. The minimum Gasteiger partial charge on any atom is -0.496 e. The van der Waals surface area contributed by atoms with Gasteiger partial charge in [-0.05, 0) is 67.9 Å². The zero-order chi connectivity index (χ0) is 23.1. The van der Waals surface area contributed by atoms with Gasteiger partial charge in [-0.25, -0.2) is 9.97 Å². The standard InChI is InChI=1S/C28H34N4O2/c1-33-22-13-16-32(18-22)21-9-10-25-24(17-21)28(30-27(29-25)20-7-8-20)31-14-11-19(12-15-31)23-5-3-4-6-26(23)34-2/h3-6,9-10,17,19-20,22H,7-8,11-16,18H2,1-2H3. The highest BCUT2D eigenvalue weighted by atomic mass is 16.5. The van der Waals surface area contributed by atoms with Gasteiger partial charge in [-0.3, -0.25) is 0 Å². The van der Waals surface area contributed by atoms with Gasteiger partial charge in [-0.1, -0.05) is 18.2 Å². The van der Waals surface area contributed by atoms with E-state index in [-0.39, 0.29) is 0 Å². The molecule has 0 amide bonds. The SMILES string of the molecule is COc1ccccc1C1CCN(c2nc(C3CC3)nc3ccc(N4CCC(OC)C4)cc23)CC1. The number of piperidine rings is 1. The maximum absolute atomic E-state index is 5.65. The summed E-state index contributed by atoms with van der Waals surface area (Å²) in [5.74, 6) is 4.22. The average molecular weight is 459 g/mol. The normalized spacial score (nSPS) is 21.4. The first kappa shape index (κ1) is 21.7. The summed E-state index contributed by atoms with van der Waals surface area (Å²) in [6.07, 6.45) is 6.03. The van der Waals surface area contributed by atoms with E-state index >= 15 is 0 Å². The number of aromatic nitrogens is 2. The molecule has 3 fully saturated rings. The molecule has 0 radical (unpaired) electrons. The van der Waals surface area contributed by atoms with Crippen LogP contribution in [0, 0.1) is 0 Å². The van der Waals surface area contributed by atoms with Gasteiger partial charge in [0.1, 0.15) is 17.4 Å². The number of benzene rings is 2. The van der Waals surface area contributed by atoms with Crippen molar-refractivity contribution in [2.45, 2.75) is 50.0 Å². The summed E-state index contributed by atoms with van der Waals surface area (Å²) >= 11 is 0. The van der Waals surface area contributed by atoms with Crippen LogP contribution < -0.4 is 14.5 Å². The molecule has 34 heavy (non-hydrogen) atoms. The van der Waals surface area contributed by atoms with Gasteiger partial charge in [0.15, 0.2) is 0 Å². The Morgan fingerprint density at radius 3 is 2.35 bits per heavy atom. The highest BCUT2D eigenvalue weighted by Gasteiger charge is 2.30. The van der Waals surface area contributed by atoms with Crippen LogP contribution in [0.2, 0.25) is 0 Å². The molecular formula is C28H34N4O2. The van der Waals surface area contributed by atoms with Crippen molar-refractivity contribution in [2.24, 2.45) is 0 Å². The van der Waals surface area contributed by atoms with E-state index in [1.54, 1.807) is 7.11 Å². The van der Waals surface area contributed by atoms with Gasteiger partial charge in [0.25, 0.3) is 0 Å². The molecule has 6 heteroatoms. The summed E-state index contributed by atoms with van der Waals surface area (Å²) in [4.78, 5) is 15.1. The maximum Gasteiger partial charge on any atom is 0.140 e. The third-order valence-corrected chi connectivity index (χ3v) is 7.84. The Morgan fingerprint density at radius 1 is 0.824 bits per heavy atom. The predicted molar refractivity (Wildman–Crippen MR) is 136 cm³/mol. The Bertz CT molecular complexity index is 1170. The molecule has 1 aliphatic carbocycles. The van der Waals surface area contributed by atoms with E-state index in [2.05, 4.69) is 52.3 Å². The van der Waals surface area contributed by atoms with Crippen molar-refractivity contribution in [1.82, 2.24) is 9.97 Å². The monoisotopic (exact) mass is 458 g/mol. The Hall–Kier alpha value is -2.86. The number of methoxy groups -OCH3 is 2. The lowest BCUT2D eigenvalue weighted by Crippen LogP contribution is -2.34. The Kier molecular flexibility index (Phi) is 5.77. The molecule has 3 heterocycles. The van der Waals surface area contributed by atoms with Crippen LogP contribution in [-0.4, -0.2) is 56.5 Å². The molecule has 2 saturated heterocycles. The van der Waals surface area contributed by atoms with Gasteiger partial charge >= 0.3 is 0 Å². The lowest BCUT2D eigenvalue weighted by molar-refractivity contribution is 0.121. The zero-order valence-electron chi connectivity index (χ0n) is 20.2. The minimum atomic E-state index is 0.317. The predicted octanol–water partition coefficient (Wildman–Crippen LogP) is 5.12. The van der Waals surface area contributed by atoms with Crippen molar-refractivity contribution < 1.29 is 9.47 Å². The molecule has 6 nitrogen and oxygen atoms in total. The second kappa shape index (κ2) is 9.06. The second-order valence-electron chi connectivity index (χ2n) is 9.98. The highest BCUT2D eigenvalue weighted by molar-refractivity contribution is 5.92. The Balaban J connectivity index is 1.30. The first-order valence-corrected chi connectivity index (χ1v) is 12.7. The van der Waals surface area contributed by atoms with Crippen LogP contribution >= 0.6 is 0 Å². The van der Waals surface area contributed by atoms with Gasteiger partial charge in [-0.15, -0.1) is 0 Å². The third-order valence-electron chi connectivity index (χ3n) is 7.84. The fraction of sp³-hybridized carbons (Fsp3) is 0.500. The maximum atomic E-state index is 5.65. The van der Waals surface area contributed by atoms with Crippen LogP contribution in [0.5, 0.6) is 5.75 Å². The summed E-state index contributed by atoms with van der Waals surface area (Å²) in [7, 11) is 3.59. The quantitative estimate of drug-likeness (QED) is 0.511. The molecule has 1 saturated carbocycles. The van der Waals surface area contributed by atoms with Crippen LogP contribution in [0.15, 0.2) is 42.5 Å². The van der Waals surface area contributed by atoms with E-state index in [0.29, 0.717) is 17.9 Å². The number of rotatable bonds is 6. The Labute approximate surface area is 201 Å². The van der Waals surface area contributed by atoms with Gasteiger partial charge in [0, 0.05) is 50.3 Å². The Morgan fingerprint density at radius 2 is 1.62 bits per heavy atom. The summed E-state index contributed by atoms with van der Waals surface area (Å²) in [5.41, 5.74) is 3.66. The van der Waals surface area contributed by atoms with Crippen molar-refractivity contribution in [3.8, 4) is 5.75 Å². The van der Waals surface area contributed by atoms with Crippen molar-refractivity contribution >= 4 is 22.4 Å². The van der Waals surface area contributed by atoms with Gasteiger partial charge in [-0.2, -0.15) is 0 Å². The lowest BCUT2D eigenvalue weighted by atomic mass is 9.88. The smallest absolute Gasteiger partial charge is 0.140 e. The number of anilines is 2. The second-order valence-corrected chi connectivity index (χ2v) is 9.98. The molecular weight excluding hydrogens is 424 g/mol. The molecule has 3 aromatic rings. The van der Waals surface area contributed by atoms with E-state index in [1.807, 2.05) is 7.11 Å². The van der Waals surface area contributed by atoms with Gasteiger partial charge in [0.2, 0.25) is 0 Å². The van der Waals surface area contributed by atoms with E-state index < -0.39 is 0 Å². The third kappa shape index (κ3) is 4.09. The fourth-order valence-corrected chi connectivity index (χ4v) is 5.64. The van der Waals surface area contributed by atoms with Crippen LogP contribution in [0.4, 0.5) is 11.5 Å². The van der Waals surface area contributed by atoms with E-state index in [0.717, 1.165) is 68.3 Å². The molecule has 178 valence electrons. The van der Waals surface area contributed by atoms with Crippen LogP contribution in [0.1, 0.15) is 55.3 Å². The number of ether oxygens (including phenoxy) is 2.